The molecule has 0 atom stereocenters. The molecule has 5 heteroatoms. The number of thiol groups is 1. The minimum Gasteiger partial charge on any atom is -0.327 e. The molecule has 0 saturated carbocycles. The topological polar surface area (TPSA) is 29.1 Å². The van der Waals surface area contributed by atoms with Crippen LogP contribution >= 0.6 is 46.8 Å². The molecule has 0 aliphatic rings. The van der Waals surface area contributed by atoms with Gasteiger partial charge in [-0.05, 0) is 6.07 Å². The summed E-state index contributed by atoms with van der Waals surface area (Å²) in [7, 11) is 0. The Morgan fingerprint density at radius 2 is 2.50 bits per heavy atom. The minimum atomic E-state index is 0.673. The molecule has 1 aromatic heterocycles. The minimum absolute atomic E-state index is 0.673. The predicted octanol–water partition coefficient (Wildman–Crippen LogP) is 3.22. The Kier molecular flexibility index (Phi) is 3.60. The summed E-state index contributed by atoms with van der Waals surface area (Å²) in [5.74, 6) is 0. The fraction of sp³-hybridized carbons (Fsp3) is 0. The fourth-order valence-corrected chi connectivity index (χ4v) is 2.42. The molecule has 0 aliphatic carbocycles. The van der Waals surface area contributed by atoms with Crippen LogP contribution in [0, 0.1) is 0 Å². The van der Waals surface area contributed by atoms with Crippen LogP contribution in [0.1, 0.15) is 14.5 Å². The van der Waals surface area contributed by atoms with Crippen molar-refractivity contribution in [1.29, 1.82) is 0 Å². The van der Waals surface area contributed by atoms with Gasteiger partial charge in [0, 0.05) is 4.91 Å². The van der Waals surface area contributed by atoms with Crippen LogP contribution in [0.25, 0.3) is 4.91 Å². The van der Waals surface area contributed by atoms with Crippen molar-refractivity contribution in [3.05, 3.63) is 22.4 Å². The normalized spacial score (nSPS) is 9.50. The summed E-state index contributed by atoms with van der Waals surface area (Å²) in [5, 5.41) is 0. The van der Waals surface area contributed by atoms with E-state index in [9.17, 15) is 4.79 Å². The third-order valence-electron chi connectivity index (χ3n) is 1.23. The van der Waals surface area contributed by atoms with E-state index >= 15 is 0 Å². The number of rotatable bonds is 3. The zero-order valence-corrected chi connectivity index (χ0v) is 9.87. The van der Waals surface area contributed by atoms with Crippen molar-refractivity contribution in [2.45, 2.75) is 0 Å². The summed E-state index contributed by atoms with van der Waals surface area (Å²) >= 11 is 7.51. The van der Waals surface area contributed by atoms with E-state index in [4.69, 9.17) is 0 Å². The average molecular weight is 311 g/mol. The first-order chi connectivity index (χ1) is 5.69. The highest BCUT2D eigenvalue weighted by Crippen LogP contribution is 2.34. The van der Waals surface area contributed by atoms with Gasteiger partial charge in [0.2, 0.25) is 0 Å². The lowest BCUT2D eigenvalue weighted by molar-refractivity contribution is 0.112. The van der Waals surface area contributed by atoms with Crippen LogP contribution in [0.2, 0.25) is 0 Å². The van der Waals surface area contributed by atoms with Gasteiger partial charge in [-0.25, -0.2) is 0 Å². The predicted molar refractivity (Wildman–Crippen MR) is 65.4 cm³/mol. The number of halogens is 1. The lowest BCUT2D eigenvalue weighted by Crippen LogP contribution is -1.78. The van der Waals surface area contributed by atoms with Gasteiger partial charge in [-0.1, -0.05) is 6.58 Å². The quantitative estimate of drug-likeness (QED) is 0.388. The molecule has 1 rings (SSSR count). The maximum absolute atomic E-state index is 10.4. The van der Waals surface area contributed by atoms with Gasteiger partial charge in [0.15, 0.2) is 6.29 Å². The average Bonchev–Trinajstić information content (AvgIpc) is 2.47. The van der Waals surface area contributed by atoms with Gasteiger partial charge in [-0.2, -0.15) is 0 Å². The molecule has 0 fully saturated rings. The maximum Gasteiger partial charge on any atom is 0.160 e. The van der Waals surface area contributed by atoms with E-state index < -0.39 is 0 Å². The SMILES string of the molecule is C=C(S)c1sc(C=O)cc1NI. The summed E-state index contributed by atoms with van der Waals surface area (Å²) in [5.41, 5.74) is 0.891. The van der Waals surface area contributed by atoms with Crippen molar-refractivity contribution in [3.8, 4) is 0 Å². The van der Waals surface area contributed by atoms with Crippen LogP contribution in [-0.4, -0.2) is 6.29 Å². The molecule has 0 radical (unpaired) electrons. The van der Waals surface area contributed by atoms with Crippen molar-refractivity contribution in [2.24, 2.45) is 0 Å². The fourth-order valence-electron chi connectivity index (χ4n) is 0.753. The molecular weight excluding hydrogens is 305 g/mol. The molecule has 0 saturated heterocycles. The van der Waals surface area contributed by atoms with Crippen LogP contribution in [0.4, 0.5) is 5.69 Å². The van der Waals surface area contributed by atoms with Gasteiger partial charge in [0.1, 0.15) is 0 Å². The van der Waals surface area contributed by atoms with Crippen molar-refractivity contribution < 1.29 is 4.79 Å². The first-order valence-corrected chi connectivity index (χ1v) is 5.37. The van der Waals surface area contributed by atoms with Crippen LogP contribution in [0.3, 0.4) is 0 Å². The highest BCUT2D eigenvalue weighted by Gasteiger charge is 2.08. The van der Waals surface area contributed by atoms with E-state index in [0.717, 1.165) is 16.9 Å². The lowest BCUT2D eigenvalue weighted by Gasteiger charge is -1.97. The van der Waals surface area contributed by atoms with Crippen molar-refractivity contribution in [3.63, 3.8) is 0 Å². The van der Waals surface area contributed by atoms with E-state index in [2.05, 4.69) is 22.7 Å². The Hall–Kier alpha value is -0.0100. The van der Waals surface area contributed by atoms with E-state index in [-0.39, 0.29) is 0 Å². The molecule has 2 nitrogen and oxygen atoms in total. The molecule has 0 amide bonds. The van der Waals surface area contributed by atoms with E-state index in [1.165, 1.54) is 11.3 Å². The first kappa shape index (κ1) is 10.1. The van der Waals surface area contributed by atoms with Crippen molar-refractivity contribution >= 4 is 63.7 Å². The van der Waals surface area contributed by atoms with Gasteiger partial charge in [-0.15, -0.1) is 24.0 Å². The Morgan fingerprint density at radius 1 is 1.83 bits per heavy atom. The van der Waals surface area contributed by atoms with Gasteiger partial charge in [0.05, 0.1) is 38.3 Å². The molecule has 1 aromatic rings. The van der Waals surface area contributed by atoms with Crippen molar-refractivity contribution in [2.75, 3.05) is 3.53 Å². The number of hydrogen-bond acceptors (Lipinski definition) is 4. The second kappa shape index (κ2) is 4.29. The number of carbonyl (C=O) groups excluding carboxylic acids is 1. The summed E-state index contributed by atoms with van der Waals surface area (Å²) in [4.78, 5) is 12.7. The standard InChI is InChI=1S/C7H6INOS2/c1-4(11)7-6(9-8)2-5(3-10)12-7/h2-3,9,11H,1H2. The Morgan fingerprint density at radius 3 is 2.83 bits per heavy atom. The Labute approximate surface area is 94.0 Å². The highest BCUT2D eigenvalue weighted by molar-refractivity contribution is 14.1. The molecule has 0 spiro atoms. The third kappa shape index (κ3) is 2.02. The molecule has 1 heterocycles. The third-order valence-corrected chi connectivity index (χ3v) is 3.31. The number of thiophene rings is 1. The summed E-state index contributed by atoms with van der Waals surface area (Å²) in [6, 6.07) is 1.78. The number of carbonyl (C=O) groups is 1. The molecule has 0 aromatic carbocycles. The summed E-state index contributed by atoms with van der Waals surface area (Å²) in [6.45, 7) is 3.70. The van der Waals surface area contributed by atoms with Gasteiger partial charge in [0.25, 0.3) is 0 Å². The smallest absolute Gasteiger partial charge is 0.160 e. The number of anilines is 1. The molecular formula is C7H6INOS2. The Balaban J connectivity index is 3.16. The lowest BCUT2D eigenvalue weighted by atomic mass is 10.3. The largest absolute Gasteiger partial charge is 0.327 e. The second-order valence-electron chi connectivity index (χ2n) is 2.05. The van der Waals surface area contributed by atoms with Crippen LogP contribution in [0.15, 0.2) is 12.6 Å². The molecule has 0 unspecified atom stereocenters. The highest BCUT2D eigenvalue weighted by atomic mass is 127. The molecule has 0 bridgehead atoms. The van der Waals surface area contributed by atoms with E-state index in [1.807, 2.05) is 22.9 Å². The molecule has 1 N–H and O–H groups in total. The number of aldehydes is 1. The summed E-state index contributed by atoms with van der Waals surface area (Å²) < 4.78 is 2.94. The zero-order chi connectivity index (χ0) is 9.14. The van der Waals surface area contributed by atoms with Gasteiger partial charge >= 0.3 is 0 Å². The number of nitrogens with one attached hydrogen (secondary N) is 1. The Bertz CT molecular complexity index is 321. The van der Waals surface area contributed by atoms with Crippen LogP contribution in [0.5, 0.6) is 0 Å². The zero-order valence-electron chi connectivity index (χ0n) is 6.00. The first-order valence-electron chi connectivity index (χ1n) is 3.03. The summed E-state index contributed by atoms with van der Waals surface area (Å²) in [6.07, 6.45) is 0.822. The van der Waals surface area contributed by atoms with E-state index in [1.54, 1.807) is 6.07 Å². The monoisotopic (exact) mass is 311 g/mol. The molecule has 0 aliphatic heterocycles. The van der Waals surface area contributed by atoms with Gasteiger partial charge < -0.3 is 3.53 Å². The van der Waals surface area contributed by atoms with Crippen molar-refractivity contribution in [1.82, 2.24) is 0 Å². The van der Waals surface area contributed by atoms with Gasteiger partial charge in [-0.3, -0.25) is 4.79 Å². The maximum atomic E-state index is 10.4. The second-order valence-corrected chi connectivity index (χ2v) is 4.21. The van der Waals surface area contributed by atoms with Crippen LogP contribution in [-0.2, 0) is 0 Å². The number of hydrogen-bond donors (Lipinski definition) is 2. The molecule has 64 valence electrons. The van der Waals surface area contributed by atoms with Crippen LogP contribution < -0.4 is 3.53 Å². The molecule has 12 heavy (non-hydrogen) atoms. The van der Waals surface area contributed by atoms with E-state index in [0.29, 0.717) is 9.78 Å².